The molecule has 1 heterocycles. The number of carbonyl (C=O) groups is 3. The summed E-state index contributed by atoms with van der Waals surface area (Å²) in [5, 5.41) is 2.19. The van der Waals surface area contributed by atoms with E-state index in [9.17, 15) is 14.4 Å². The van der Waals surface area contributed by atoms with Gasteiger partial charge in [0.2, 0.25) is 17.7 Å². The first-order valence-electron chi connectivity index (χ1n) is 6.34. The van der Waals surface area contributed by atoms with Crippen LogP contribution in [0.25, 0.3) is 0 Å². The molecule has 100 valence electrons. The molecule has 2 rings (SSSR count). The first-order chi connectivity index (χ1) is 8.47. The maximum absolute atomic E-state index is 12.3. The summed E-state index contributed by atoms with van der Waals surface area (Å²) in [4.78, 5) is 36.2. The fourth-order valence-electron chi connectivity index (χ4n) is 2.73. The third-order valence-corrected chi connectivity index (χ3v) is 3.81. The number of carbonyl (C=O) groups excluding carboxylic acids is 3. The topological polar surface area (TPSA) is 92.5 Å². The minimum Gasteiger partial charge on any atom is -0.328 e. The van der Waals surface area contributed by atoms with Crippen LogP contribution < -0.4 is 11.1 Å². The first kappa shape index (κ1) is 13.0. The van der Waals surface area contributed by atoms with Crippen molar-refractivity contribution in [2.75, 3.05) is 13.1 Å². The molecule has 0 aromatic carbocycles. The maximum atomic E-state index is 12.3. The number of nitrogens with one attached hydrogen (secondary N) is 1. The number of amides is 3. The number of rotatable bonds is 1. The molecule has 0 spiro atoms. The fraction of sp³-hybridized carbons (Fsp3) is 0.750. The predicted octanol–water partition coefficient (Wildman–Crippen LogP) is -0.765. The third kappa shape index (κ3) is 2.69. The summed E-state index contributed by atoms with van der Waals surface area (Å²) in [5.74, 6) is -0.828. The minimum atomic E-state index is -0.410. The van der Waals surface area contributed by atoms with E-state index in [0.717, 1.165) is 12.8 Å². The zero-order valence-corrected chi connectivity index (χ0v) is 10.5. The van der Waals surface area contributed by atoms with Gasteiger partial charge >= 0.3 is 0 Å². The van der Waals surface area contributed by atoms with Crippen molar-refractivity contribution >= 4 is 17.7 Å². The van der Waals surface area contributed by atoms with Gasteiger partial charge in [-0.1, -0.05) is 6.92 Å². The zero-order valence-electron chi connectivity index (χ0n) is 10.5. The van der Waals surface area contributed by atoms with Crippen molar-refractivity contribution in [1.29, 1.82) is 0 Å². The Morgan fingerprint density at radius 1 is 1.28 bits per heavy atom. The van der Waals surface area contributed by atoms with Gasteiger partial charge < -0.3 is 10.6 Å². The van der Waals surface area contributed by atoms with E-state index in [0.29, 0.717) is 6.42 Å². The highest BCUT2D eigenvalue weighted by Crippen LogP contribution is 2.30. The van der Waals surface area contributed by atoms with E-state index in [-0.39, 0.29) is 36.9 Å². The van der Waals surface area contributed by atoms with E-state index in [2.05, 4.69) is 5.32 Å². The van der Waals surface area contributed by atoms with Crippen LogP contribution >= 0.6 is 0 Å². The van der Waals surface area contributed by atoms with Crippen LogP contribution in [0.15, 0.2) is 0 Å². The molecule has 0 aromatic rings. The van der Waals surface area contributed by atoms with Crippen LogP contribution in [0, 0.1) is 11.8 Å². The Balaban J connectivity index is 2.05. The van der Waals surface area contributed by atoms with Crippen molar-refractivity contribution in [3.8, 4) is 0 Å². The minimum absolute atomic E-state index is 0.0248. The van der Waals surface area contributed by atoms with Crippen LogP contribution in [-0.2, 0) is 14.4 Å². The van der Waals surface area contributed by atoms with E-state index in [1.807, 2.05) is 6.92 Å². The molecule has 6 nitrogen and oxygen atoms in total. The summed E-state index contributed by atoms with van der Waals surface area (Å²) >= 11 is 0. The second-order valence-corrected chi connectivity index (χ2v) is 5.32. The molecule has 1 aliphatic heterocycles. The Morgan fingerprint density at radius 2 is 1.89 bits per heavy atom. The number of hydrogen-bond donors (Lipinski definition) is 2. The van der Waals surface area contributed by atoms with Crippen LogP contribution in [0.5, 0.6) is 0 Å². The van der Waals surface area contributed by atoms with Crippen molar-refractivity contribution in [2.24, 2.45) is 17.6 Å². The highest BCUT2D eigenvalue weighted by molar-refractivity contribution is 6.02. The van der Waals surface area contributed by atoms with Gasteiger partial charge in [-0.25, -0.2) is 0 Å². The largest absolute Gasteiger partial charge is 0.328 e. The third-order valence-electron chi connectivity index (χ3n) is 3.81. The van der Waals surface area contributed by atoms with Crippen LogP contribution in [0.1, 0.15) is 26.2 Å². The summed E-state index contributed by atoms with van der Waals surface area (Å²) < 4.78 is 0. The Labute approximate surface area is 106 Å². The summed E-state index contributed by atoms with van der Waals surface area (Å²) in [6.45, 7) is 1.98. The van der Waals surface area contributed by atoms with E-state index in [1.54, 1.807) is 0 Å². The monoisotopic (exact) mass is 253 g/mol. The standard InChI is InChI=1S/C12H19N3O3/c1-7-2-3-8(13)4-9(7)12(18)15-5-10(16)14-11(17)6-15/h7-9H,2-6,13H2,1H3,(H,14,16,17). The number of nitrogens with zero attached hydrogens (tertiary/aromatic N) is 1. The molecule has 2 fully saturated rings. The van der Waals surface area contributed by atoms with Gasteiger partial charge in [0.15, 0.2) is 0 Å². The fourth-order valence-corrected chi connectivity index (χ4v) is 2.73. The van der Waals surface area contributed by atoms with Crippen LogP contribution in [0.4, 0.5) is 0 Å². The molecule has 3 amide bonds. The van der Waals surface area contributed by atoms with Crippen molar-refractivity contribution in [1.82, 2.24) is 10.2 Å². The molecule has 6 heteroatoms. The normalized spacial score (nSPS) is 33.2. The summed E-state index contributed by atoms with van der Waals surface area (Å²) in [6.07, 6.45) is 2.50. The van der Waals surface area contributed by atoms with Gasteiger partial charge in [0.1, 0.15) is 13.1 Å². The molecule has 3 unspecified atom stereocenters. The smallest absolute Gasteiger partial charge is 0.246 e. The zero-order chi connectivity index (χ0) is 13.3. The average molecular weight is 253 g/mol. The molecule has 0 bridgehead atoms. The van der Waals surface area contributed by atoms with Gasteiger partial charge in [0, 0.05) is 12.0 Å². The van der Waals surface area contributed by atoms with Gasteiger partial charge in [-0.15, -0.1) is 0 Å². The van der Waals surface area contributed by atoms with E-state index >= 15 is 0 Å². The molecule has 0 radical (unpaired) electrons. The maximum Gasteiger partial charge on any atom is 0.246 e. The highest BCUT2D eigenvalue weighted by Gasteiger charge is 2.36. The van der Waals surface area contributed by atoms with Crippen LogP contribution in [0.2, 0.25) is 0 Å². The second-order valence-electron chi connectivity index (χ2n) is 5.32. The lowest BCUT2D eigenvalue weighted by atomic mass is 9.77. The van der Waals surface area contributed by atoms with Crippen molar-refractivity contribution in [3.05, 3.63) is 0 Å². The molecule has 3 atom stereocenters. The Hall–Kier alpha value is -1.43. The number of nitrogens with two attached hydrogens (primary N) is 1. The quantitative estimate of drug-likeness (QED) is 0.600. The van der Waals surface area contributed by atoms with Crippen LogP contribution in [0.3, 0.4) is 0 Å². The number of hydrogen-bond acceptors (Lipinski definition) is 4. The number of piperazine rings is 1. The number of imide groups is 1. The highest BCUT2D eigenvalue weighted by atomic mass is 16.2. The summed E-state index contributed by atoms with van der Waals surface area (Å²) in [5.41, 5.74) is 5.89. The molecular formula is C12H19N3O3. The van der Waals surface area contributed by atoms with Gasteiger partial charge in [-0.3, -0.25) is 19.7 Å². The molecule has 1 aliphatic carbocycles. The average Bonchev–Trinajstić information content (AvgIpc) is 2.30. The molecule has 0 aromatic heterocycles. The molecule has 2 aliphatic rings. The SMILES string of the molecule is CC1CCC(N)CC1C(=O)N1CC(=O)NC(=O)C1. The Bertz CT molecular complexity index is 367. The van der Waals surface area contributed by atoms with Crippen molar-refractivity contribution in [2.45, 2.75) is 32.2 Å². The lowest BCUT2D eigenvalue weighted by molar-refractivity contribution is -0.149. The Kier molecular flexibility index (Phi) is 3.65. The van der Waals surface area contributed by atoms with Gasteiger partial charge in [0.05, 0.1) is 0 Å². The van der Waals surface area contributed by atoms with E-state index in [4.69, 9.17) is 5.73 Å². The van der Waals surface area contributed by atoms with Gasteiger partial charge in [-0.05, 0) is 25.2 Å². The summed E-state index contributed by atoms with van der Waals surface area (Å²) in [7, 11) is 0. The predicted molar refractivity (Wildman–Crippen MR) is 64.2 cm³/mol. The first-order valence-corrected chi connectivity index (χ1v) is 6.34. The lowest BCUT2D eigenvalue weighted by Gasteiger charge is -2.36. The molecular weight excluding hydrogens is 234 g/mol. The second kappa shape index (κ2) is 5.06. The van der Waals surface area contributed by atoms with Gasteiger partial charge in [0.25, 0.3) is 0 Å². The van der Waals surface area contributed by atoms with Crippen LogP contribution in [-0.4, -0.2) is 41.8 Å². The Morgan fingerprint density at radius 3 is 2.50 bits per heavy atom. The van der Waals surface area contributed by atoms with E-state index < -0.39 is 11.8 Å². The molecule has 1 saturated heterocycles. The van der Waals surface area contributed by atoms with Crippen molar-refractivity contribution in [3.63, 3.8) is 0 Å². The van der Waals surface area contributed by atoms with Crippen molar-refractivity contribution < 1.29 is 14.4 Å². The summed E-state index contributed by atoms with van der Waals surface area (Å²) in [6, 6.07) is 0.0458. The molecule has 3 N–H and O–H groups in total. The van der Waals surface area contributed by atoms with Gasteiger partial charge in [-0.2, -0.15) is 0 Å². The lowest BCUT2D eigenvalue weighted by Crippen LogP contribution is -2.55. The molecule has 1 saturated carbocycles. The molecule has 18 heavy (non-hydrogen) atoms. The van der Waals surface area contributed by atoms with E-state index in [1.165, 1.54) is 4.90 Å².